The van der Waals surface area contributed by atoms with E-state index in [2.05, 4.69) is 17.3 Å². The van der Waals surface area contributed by atoms with Crippen LogP contribution < -0.4 is 5.32 Å². The van der Waals surface area contributed by atoms with Crippen LogP contribution in [0, 0.1) is 5.92 Å². The van der Waals surface area contributed by atoms with Crippen molar-refractivity contribution in [1.29, 1.82) is 0 Å². The summed E-state index contributed by atoms with van der Waals surface area (Å²) in [7, 11) is 2.26. The second-order valence-corrected chi connectivity index (χ2v) is 7.61. The van der Waals surface area contributed by atoms with Crippen molar-refractivity contribution in [2.75, 3.05) is 26.7 Å². The highest BCUT2D eigenvalue weighted by Gasteiger charge is 2.18. The molecule has 0 bridgehead atoms. The van der Waals surface area contributed by atoms with Crippen LogP contribution in [0.4, 0.5) is 0 Å². The Balaban J connectivity index is 1.65. The predicted molar refractivity (Wildman–Crippen MR) is 92.8 cm³/mol. The van der Waals surface area contributed by atoms with Crippen LogP contribution in [0.25, 0.3) is 0 Å². The topological polar surface area (TPSA) is 15.3 Å². The minimum Gasteiger partial charge on any atom is -0.314 e. The van der Waals surface area contributed by atoms with Crippen LogP contribution in [0.3, 0.4) is 0 Å². The first kappa shape index (κ1) is 17.3. The number of hydrogen-bond donors (Lipinski definition) is 1. The van der Waals surface area contributed by atoms with Crippen LogP contribution in [0.15, 0.2) is 0 Å². The Hall–Kier alpha value is -0.0800. The third-order valence-corrected chi connectivity index (χ3v) is 5.64. The summed E-state index contributed by atoms with van der Waals surface area (Å²) in [4.78, 5) is 2.48. The highest BCUT2D eigenvalue weighted by Crippen LogP contribution is 2.19. The largest absolute Gasteiger partial charge is 0.314 e. The molecule has 2 rings (SSSR count). The Labute approximate surface area is 133 Å². The number of nitrogens with zero attached hydrogens (tertiary/aromatic N) is 1. The monoisotopic (exact) mass is 294 g/mol. The lowest BCUT2D eigenvalue weighted by molar-refractivity contribution is 0.210. The van der Waals surface area contributed by atoms with E-state index in [9.17, 15) is 0 Å². The number of likely N-dealkylation sites (tertiary alicyclic amines) is 1. The van der Waals surface area contributed by atoms with Gasteiger partial charge in [0.2, 0.25) is 0 Å². The third-order valence-electron chi connectivity index (χ3n) is 5.64. The van der Waals surface area contributed by atoms with E-state index < -0.39 is 0 Å². The van der Waals surface area contributed by atoms with Crippen molar-refractivity contribution in [2.24, 2.45) is 5.92 Å². The van der Waals surface area contributed by atoms with Gasteiger partial charge in [0.25, 0.3) is 0 Å². The molecular formula is C19H38N2. The molecule has 0 radical (unpaired) electrons. The molecule has 2 heteroatoms. The van der Waals surface area contributed by atoms with E-state index in [0.717, 1.165) is 12.0 Å². The zero-order valence-electron chi connectivity index (χ0n) is 14.4. The Bertz CT molecular complexity index is 234. The van der Waals surface area contributed by atoms with E-state index in [1.165, 1.54) is 103 Å². The van der Waals surface area contributed by atoms with Crippen LogP contribution in [-0.2, 0) is 0 Å². The quantitative estimate of drug-likeness (QED) is 0.819. The maximum Gasteiger partial charge on any atom is 0.00671 e. The van der Waals surface area contributed by atoms with E-state index in [0.29, 0.717) is 0 Å². The Morgan fingerprint density at radius 3 is 1.71 bits per heavy atom. The predicted octanol–water partition coefficient (Wildman–Crippen LogP) is 4.59. The van der Waals surface area contributed by atoms with Crippen molar-refractivity contribution in [3.8, 4) is 0 Å². The molecule has 0 atom stereocenters. The molecule has 2 fully saturated rings. The fourth-order valence-corrected chi connectivity index (χ4v) is 3.97. The fraction of sp³-hybridized carbons (Fsp3) is 1.00. The molecule has 0 amide bonds. The fourth-order valence-electron chi connectivity index (χ4n) is 3.97. The molecule has 1 aliphatic carbocycles. The van der Waals surface area contributed by atoms with Crippen LogP contribution in [0.1, 0.15) is 83.5 Å². The van der Waals surface area contributed by atoms with E-state index in [1.807, 2.05) is 0 Å². The van der Waals surface area contributed by atoms with Gasteiger partial charge in [-0.15, -0.1) is 0 Å². The lowest BCUT2D eigenvalue weighted by Gasteiger charge is -2.30. The zero-order valence-corrected chi connectivity index (χ0v) is 14.4. The van der Waals surface area contributed by atoms with Gasteiger partial charge < -0.3 is 10.2 Å². The van der Waals surface area contributed by atoms with Crippen LogP contribution in [-0.4, -0.2) is 37.6 Å². The molecule has 1 saturated carbocycles. The van der Waals surface area contributed by atoms with Crippen molar-refractivity contribution in [3.63, 3.8) is 0 Å². The Morgan fingerprint density at radius 1 is 0.714 bits per heavy atom. The van der Waals surface area contributed by atoms with E-state index in [1.54, 1.807) is 0 Å². The summed E-state index contributed by atoms with van der Waals surface area (Å²) >= 11 is 0. The smallest absolute Gasteiger partial charge is 0.00671 e. The van der Waals surface area contributed by atoms with E-state index in [4.69, 9.17) is 0 Å². The van der Waals surface area contributed by atoms with Gasteiger partial charge in [0.1, 0.15) is 0 Å². The van der Waals surface area contributed by atoms with Gasteiger partial charge in [-0.25, -0.2) is 0 Å². The molecule has 0 aromatic carbocycles. The first-order chi connectivity index (χ1) is 10.3. The van der Waals surface area contributed by atoms with E-state index in [-0.39, 0.29) is 0 Å². The molecule has 0 spiro atoms. The first-order valence-corrected chi connectivity index (χ1v) is 9.76. The SMILES string of the molecule is CN1CCC(CNC2CCCCCCCCCCC2)CC1. The first-order valence-electron chi connectivity index (χ1n) is 9.76. The van der Waals surface area contributed by atoms with Crippen LogP contribution in [0.2, 0.25) is 0 Å². The molecule has 2 nitrogen and oxygen atoms in total. The van der Waals surface area contributed by atoms with Crippen molar-refractivity contribution in [3.05, 3.63) is 0 Å². The molecule has 1 aliphatic heterocycles. The van der Waals surface area contributed by atoms with E-state index >= 15 is 0 Å². The van der Waals surface area contributed by atoms with Gasteiger partial charge in [-0.2, -0.15) is 0 Å². The summed E-state index contributed by atoms with van der Waals surface area (Å²) < 4.78 is 0. The lowest BCUT2D eigenvalue weighted by Crippen LogP contribution is -2.38. The Morgan fingerprint density at radius 2 is 1.19 bits per heavy atom. The second kappa shape index (κ2) is 10.6. The third kappa shape index (κ3) is 7.65. The number of nitrogens with one attached hydrogen (secondary N) is 1. The molecule has 1 N–H and O–H groups in total. The van der Waals surface area contributed by atoms with Gasteiger partial charge in [-0.05, 0) is 58.3 Å². The van der Waals surface area contributed by atoms with Crippen molar-refractivity contribution < 1.29 is 0 Å². The van der Waals surface area contributed by atoms with Crippen molar-refractivity contribution >= 4 is 0 Å². The maximum atomic E-state index is 3.94. The highest BCUT2D eigenvalue weighted by atomic mass is 15.1. The molecule has 124 valence electrons. The van der Waals surface area contributed by atoms with Crippen LogP contribution in [0.5, 0.6) is 0 Å². The minimum atomic E-state index is 0.809. The normalized spacial score (nSPS) is 26.1. The highest BCUT2D eigenvalue weighted by molar-refractivity contribution is 4.75. The summed E-state index contributed by atoms with van der Waals surface area (Å²) in [5.41, 5.74) is 0. The summed E-state index contributed by atoms with van der Waals surface area (Å²) in [6.45, 7) is 3.88. The second-order valence-electron chi connectivity index (χ2n) is 7.61. The Kier molecular flexibility index (Phi) is 8.73. The molecule has 2 aliphatic rings. The number of rotatable bonds is 3. The lowest BCUT2D eigenvalue weighted by atomic mass is 9.95. The van der Waals surface area contributed by atoms with Gasteiger partial charge in [-0.1, -0.05) is 57.8 Å². The molecule has 0 aromatic heterocycles. The van der Waals surface area contributed by atoms with Crippen molar-refractivity contribution in [2.45, 2.75) is 89.5 Å². The van der Waals surface area contributed by atoms with Gasteiger partial charge in [0, 0.05) is 6.04 Å². The average Bonchev–Trinajstić information content (AvgIpc) is 2.48. The maximum absolute atomic E-state index is 3.94. The molecule has 0 aromatic rings. The molecule has 21 heavy (non-hydrogen) atoms. The summed E-state index contributed by atoms with van der Waals surface area (Å²) in [5, 5.41) is 3.94. The van der Waals surface area contributed by atoms with Gasteiger partial charge in [0.15, 0.2) is 0 Å². The van der Waals surface area contributed by atoms with Gasteiger partial charge >= 0.3 is 0 Å². The molecular weight excluding hydrogens is 256 g/mol. The summed E-state index contributed by atoms with van der Waals surface area (Å²) in [6.07, 6.45) is 18.9. The molecule has 0 unspecified atom stereocenters. The molecule has 1 saturated heterocycles. The number of hydrogen-bond acceptors (Lipinski definition) is 2. The zero-order chi connectivity index (χ0) is 14.8. The molecule has 1 heterocycles. The van der Waals surface area contributed by atoms with Gasteiger partial charge in [0.05, 0.1) is 0 Å². The standard InChI is InChI=1S/C19H38N2/c1-21-15-13-18(14-16-21)17-20-19-11-9-7-5-3-2-4-6-8-10-12-19/h18-20H,2-17H2,1H3. The van der Waals surface area contributed by atoms with Gasteiger partial charge in [-0.3, -0.25) is 0 Å². The van der Waals surface area contributed by atoms with Crippen molar-refractivity contribution in [1.82, 2.24) is 10.2 Å². The number of piperidine rings is 1. The average molecular weight is 295 g/mol. The summed E-state index contributed by atoms with van der Waals surface area (Å²) in [6, 6.07) is 0.809. The van der Waals surface area contributed by atoms with Crippen LogP contribution >= 0.6 is 0 Å². The summed E-state index contributed by atoms with van der Waals surface area (Å²) in [5.74, 6) is 0.933. The minimum absolute atomic E-state index is 0.809.